The zero-order valence-corrected chi connectivity index (χ0v) is 17.7. The van der Waals surface area contributed by atoms with Crippen molar-refractivity contribution in [1.29, 1.82) is 0 Å². The Kier molecular flexibility index (Phi) is 7.75. The first-order valence-electron chi connectivity index (χ1n) is 9.85. The molecule has 0 bridgehead atoms. The summed E-state index contributed by atoms with van der Waals surface area (Å²) >= 11 is 5.87. The molecule has 1 aliphatic rings. The lowest BCUT2D eigenvalue weighted by Crippen LogP contribution is -2.41. The summed E-state index contributed by atoms with van der Waals surface area (Å²) in [5.74, 6) is 0.721. The Balaban J connectivity index is 1.44. The van der Waals surface area contributed by atoms with Crippen molar-refractivity contribution >= 4 is 28.9 Å². The van der Waals surface area contributed by atoms with Crippen LogP contribution in [-0.4, -0.2) is 63.4 Å². The van der Waals surface area contributed by atoms with Crippen LogP contribution >= 0.6 is 11.6 Å². The average Bonchev–Trinajstić information content (AvgIpc) is 2.75. The van der Waals surface area contributed by atoms with Gasteiger partial charge in [-0.1, -0.05) is 11.6 Å². The first kappa shape index (κ1) is 21.4. The molecule has 1 atom stereocenters. The van der Waals surface area contributed by atoms with Crippen molar-refractivity contribution in [3.8, 4) is 5.75 Å². The van der Waals surface area contributed by atoms with Crippen molar-refractivity contribution in [2.45, 2.75) is 13.0 Å². The minimum Gasteiger partial charge on any atom is -0.492 e. The molecular weight excluding hydrogens is 390 g/mol. The first-order valence-corrected chi connectivity index (χ1v) is 10.2. The second kappa shape index (κ2) is 10.5. The third-order valence-corrected chi connectivity index (χ3v) is 5.33. The number of carbonyl (C=O) groups excluding carboxylic acids is 1. The van der Waals surface area contributed by atoms with E-state index in [9.17, 15) is 4.79 Å². The van der Waals surface area contributed by atoms with E-state index in [0.29, 0.717) is 18.2 Å². The fourth-order valence-electron chi connectivity index (χ4n) is 3.06. The van der Waals surface area contributed by atoms with Gasteiger partial charge in [0, 0.05) is 36.0 Å². The van der Waals surface area contributed by atoms with Crippen molar-refractivity contribution in [1.82, 2.24) is 4.90 Å². The van der Waals surface area contributed by atoms with Crippen LogP contribution in [0.2, 0.25) is 5.02 Å². The van der Waals surface area contributed by atoms with Crippen LogP contribution < -0.4 is 15.0 Å². The maximum Gasteiger partial charge on any atom is 0.241 e. The van der Waals surface area contributed by atoms with E-state index in [1.807, 2.05) is 55.3 Å². The number of benzene rings is 2. The molecule has 0 aromatic heterocycles. The molecule has 0 saturated carbocycles. The fourth-order valence-corrected chi connectivity index (χ4v) is 3.18. The maximum absolute atomic E-state index is 12.6. The molecule has 1 saturated heterocycles. The molecule has 1 amide bonds. The molecule has 1 heterocycles. The van der Waals surface area contributed by atoms with E-state index >= 15 is 0 Å². The van der Waals surface area contributed by atoms with Gasteiger partial charge >= 0.3 is 0 Å². The second-order valence-electron chi connectivity index (χ2n) is 7.09. The summed E-state index contributed by atoms with van der Waals surface area (Å²) in [6, 6.07) is 14.9. The number of amides is 1. The number of morpholine rings is 1. The highest BCUT2D eigenvalue weighted by Gasteiger charge is 2.18. The van der Waals surface area contributed by atoms with Crippen LogP contribution in [0.3, 0.4) is 0 Å². The Morgan fingerprint density at radius 3 is 2.48 bits per heavy atom. The van der Waals surface area contributed by atoms with E-state index in [-0.39, 0.29) is 11.9 Å². The molecule has 3 rings (SSSR count). The number of hydrogen-bond donors (Lipinski definition) is 1. The average molecular weight is 418 g/mol. The molecule has 0 radical (unpaired) electrons. The highest BCUT2D eigenvalue weighted by molar-refractivity contribution is 6.30. The van der Waals surface area contributed by atoms with Crippen LogP contribution in [-0.2, 0) is 9.53 Å². The molecule has 7 heteroatoms. The summed E-state index contributed by atoms with van der Waals surface area (Å²) < 4.78 is 11.1. The van der Waals surface area contributed by atoms with Gasteiger partial charge in [-0.15, -0.1) is 0 Å². The predicted octanol–water partition coefficient (Wildman–Crippen LogP) is 3.51. The van der Waals surface area contributed by atoms with Gasteiger partial charge in [0.2, 0.25) is 5.91 Å². The molecule has 156 valence electrons. The van der Waals surface area contributed by atoms with Crippen molar-refractivity contribution in [2.75, 3.05) is 56.7 Å². The van der Waals surface area contributed by atoms with Crippen LogP contribution in [0.15, 0.2) is 48.5 Å². The van der Waals surface area contributed by atoms with Crippen molar-refractivity contribution in [3.05, 3.63) is 53.6 Å². The van der Waals surface area contributed by atoms with Gasteiger partial charge in [0.15, 0.2) is 0 Å². The molecule has 29 heavy (non-hydrogen) atoms. The highest BCUT2D eigenvalue weighted by atomic mass is 35.5. The summed E-state index contributed by atoms with van der Waals surface area (Å²) in [5.41, 5.74) is 1.94. The normalized spacial score (nSPS) is 15.2. The summed E-state index contributed by atoms with van der Waals surface area (Å²) in [4.78, 5) is 16.8. The zero-order chi connectivity index (χ0) is 20.6. The van der Waals surface area contributed by atoms with Gasteiger partial charge in [0.1, 0.15) is 12.4 Å². The van der Waals surface area contributed by atoms with E-state index in [1.165, 1.54) is 0 Å². The van der Waals surface area contributed by atoms with Crippen molar-refractivity contribution in [3.63, 3.8) is 0 Å². The lowest BCUT2D eigenvalue weighted by molar-refractivity contribution is -0.120. The van der Waals surface area contributed by atoms with Crippen molar-refractivity contribution < 1.29 is 14.3 Å². The molecule has 2 aromatic carbocycles. The van der Waals surface area contributed by atoms with Crippen LogP contribution in [0.1, 0.15) is 6.92 Å². The monoisotopic (exact) mass is 417 g/mol. The van der Waals surface area contributed by atoms with E-state index in [2.05, 4.69) is 10.2 Å². The number of nitrogens with one attached hydrogen (secondary N) is 1. The highest BCUT2D eigenvalue weighted by Crippen LogP contribution is 2.19. The Morgan fingerprint density at radius 2 is 1.83 bits per heavy atom. The number of likely N-dealkylation sites (N-methyl/N-ethyl adjacent to an activating group) is 1. The number of carbonyl (C=O) groups is 1. The number of halogens is 1. The Hall–Kier alpha value is -2.28. The van der Waals surface area contributed by atoms with Gasteiger partial charge in [0.05, 0.1) is 19.3 Å². The molecular formula is C22H28ClN3O3. The van der Waals surface area contributed by atoms with Gasteiger partial charge < -0.3 is 19.7 Å². The quantitative estimate of drug-likeness (QED) is 0.712. The summed E-state index contributed by atoms with van der Waals surface area (Å²) in [6.45, 7) is 6.31. The number of anilines is 2. The molecule has 0 aliphatic carbocycles. The van der Waals surface area contributed by atoms with Gasteiger partial charge in [-0.05, 0) is 62.5 Å². The molecule has 0 unspecified atom stereocenters. The minimum absolute atomic E-state index is 0.0434. The van der Waals surface area contributed by atoms with Gasteiger partial charge in [-0.2, -0.15) is 0 Å². The van der Waals surface area contributed by atoms with Gasteiger partial charge in [-0.3, -0.25) is 9.69 Å². The molecule has 2 aromatic rings. The summed E-state index contributed by atoms with van der Waals surface area (Å²) in [7, 11) is 1.91. The Morgan fingerprint density at radius 1 is 1.17 bits per heavy atom. The van der Waals surface area contributed by atoms with Gasteiger partial charge in [-0.25, -0.2) is 0 Å². The van der Waals surface area contributed by atoms with Crippen LogP contribution in [0, 0.1) is 0 Å². The third-order valence-electron chi connectivity index (χ3n) is 5.08. The zero-order valence-electron chi connectivity index (χ0n) is 16.9. The molecule has 6 nitrogen and oxygen atoms in total. The smallest absolute Gasteiger partial charge is 0.241 e. The summed E-state index contributed by atoms with van der Waals surface area (Å²) in [5, 5.41) is 3.67. The largest absolute Gasteiger partial charge is 0.492 e. The van der Waals surface area contributed by atoms with Crippen molar-refractivity contribution in [2.24, 2.45) is 0 Å². The molecule has 1 N–H and O–H groups in total. The SMILES string of the molecule is C[C@H](C(=O)Nc1ccc(N2CCOCC2)cc1)N(C)CCOc1ccc(Cl)cc1. The first-order chi connectivity index (χ1) is 14.0. The van der Waals surface area contributed by atoms with E-state index < -0.39 is 0 Å². The van der Waals surface area contributed by atoms with E-state index in [4.69, 9.17) is 21.1 Å². The maximum atomic E-state index is 12.6. The third kappa shape index (κ3) is 6.35. The number of ether oxygens (including phenoxy) is 2. The van der Waals surface area contributed by atoms with Crippen LogP contribution in [0.4, 0.5) is 11.4 Å². The fraction of sp³-hybridized carbons (Fsp3) is 0.409. The van der Waals surface area contributed by atoms with Crippen LogP contribution in [0.25, 0.3) is 0 Å². The molecule has 0 spiro atoms. The topological polar surface area (TPSA) is 54.0 Å². The predicted molar refractivity (Wildman–Crippen MR) is 117 cm³/mol. The van der Waals surface area contributed by atoms with E-state index in [0.717, 1.165) is 43.4 Å². The Bertz CT molecular complexity index is 777. The lowest BCUT2D eigenvalue weighted by atomic mass is 10.2. The van der Waals surface area contributed by atoms with Crippen LogP contribution in [0.5, 0.6) is 5.75 Å². The number of rotatable bonds is 8. The number of nitrogens with zero attached hydrogens (tertiary/aromatic N) is 2. The molecule has 1 fully saturated rings. The van der Waals surface area contributed by atoms with Gasteiger partial charge in [0.25, 0.3) is 0 Å². The summed E-state index contributed by atoms with van der Waals surface area (Å²) in [6.07, 6.45) is 0. The molecule has 1 aliphatic heterocycles. The standard InChI is InChI=1S/C22H28ClN3O3/c1-17(25(2)11-16-29-21-9-3-18(23)4-10-21)22(27)24-19-5-7-20(8-6-19)26-12-14-28-15-13-26/h3-10,17H,11-16H2,1-2H3,(H,24,27)/t17-/m1/s1. The number of hydrogen-bond acceptors (Lipinski definition) is 5. The minimum atomic E-state index is -0.275. The lowest BCUT2D eigenvalue weighted by Gasteiger charge is -2.29. The van der Waals surface area contributed by atoms with E-state index in [1.54, 1.807) is 12.1 Å². The Labute approximate surface area is 177 Å². The second-order valence-corrected chi connectivity index (χ2v) is 7.53.